The van der Waals surface area contributed by atoms with Gasteiger partial charge in [0.25, 0.3) is 5.91 Å². The number of benzene rings is 1. The number of nitrogens with one attached hydrogen (secondary N) is 2. The van der Waals surface area contributed by atoms with Gasteiger partial charge in [-0.25, -0.2) is 8.42 Å². The lowest BCUT2D eigenvalue weighted by molar-refractivity contribution is -0.125. The maximum Gasteiger partial charge on any atom is 0.262 e. The van der Waals surface area contributed by atoms with E-state index in [1.165, 1.54) is 28.9 Å². The van der Waals surface area contributed by atoms with Crippen LogP contribution in [0.15, 0.2) is 23.1 Å². The summed E-state index contributed by atoms with van der Waals surface area (Å²) in [6.45, 7) is 0.222. The van der Waals surface area contributed by atoms with Crippen molar-refractivity contribution in [3.05, 3.63) is 18.2 Å². The third kappa shape index (κ3) is 3.73. The summed E-state index contributed by atoms with van der Waals surface area (Å²) in [5.41, 5.74) is 0.333. The summed E-state index contributed by atoms with van der Waals surface area (Å²) >= 11 is 0. The molecule has 2 heterocycles. The quantitative estimate of drug-likeness (QED) is 0.789. The van der Waals surface area contributed by atoms with Crippen LogP contribution in [0.25, 0.3) is 0 Å². The number of carbonyl (C=O) groups excluding carboxylic acids is 2. The van der Waals surface area contributed by atoms with Gasteiger partial charge in [-0.2, -0.15) is 4.31 Å². The zero-order chi connectivity index (χ0) is 19.7. The first-order valence-corrected chi connectivity index (χ1v) is 11.3. The van der Waals surface area contributed by atoms with E-state index >= 15 is 0 Å². The molecule has 2 amide bonds. The van der Waals surface area contributed by atoms with Gasteiger partial charge in [-0.3, -0.25) is 9.59 Å². The predicted octanol–water partition coefficient (Wildman–Crippen LogP) is 1.62. The zero-order valence-corrected chi connectivity index (χ0v) is 16.5. The fraction of sp³-hybridized carbons (Fsp3) is 0.579. The standard InChI is InChI=1S/C19H25N3O5S/c23-18-12-27-17-9-8-14(11-15(17)21-18)28(25,26)22-10-4-7-16(22)19(24)20-13-5-2-1-3-6-13/h8-9,11,13,16H,1-7,10,12H2,(H,20,24)(H,21,23)/t16-/m0/s1. The molecule has 1 aromatic rings. The number of fused-ring (bicyclic) bond motifs is 1. The molecule has 2 fully saturated rings. The molecule has 2 N–H and O–H groups in total. The van der Waals surface area contributed by atoms with Crippen LogP contribution in [0.2, 0.25) is 0 Å². The Morgan fingerprint density at radius 1 is 1.14 bits per heavy atom. The van der Waals surface area contributed by atoms with Gasteiger partial charge in [-0.15, -0.1) is 0 Å². The van der Waals surface area contributed by atoms with E-state index in [0.717, 1.165) is 25.7 Å². The summed E-state index contributed by atoms with van der Waals surface area (Å²) in [6, 6.07) is 3.85. The lowest BCUT2D eigenvalue weighted by Crippen LogP contribution is -2.49. The van der Waals surface area contributed by atoms with Crippen LogP contribution in [0.3, 0.4) is 0 Å². The highest BCUT2D eigenvalue weighted by atomic mass is 32.2. The van der Waals surface area contributed by atoms with E-state index in [2.05, 4.69) is 10.6 Å². The lowest BCUT2D eigenvalue weighted by atomic mass is 9.95. The molecule has 28 heavy (non-hydrogen) atoms. The number of nitrogens with zero attached hydrogens (tertiary/aromatic N) is 1. The van der Waals surface area contributed by atoms with Gasteiger partial charge < -0.3 is 15.4 Å². The molecule has 0 spiro atoms. The van der Waals surface area contributed by atoms with Crippen molar-refractivity contribution < 1.29 is 22.7 Å². The smallest absolute Gasteiger partial charge is 0.262 e. The minimum absolute atomic E-state index is 0.0504. The fourth-order valence-corrected chi connectivity index (χ4v) is 5.88. The predicted molar refractivity (Wildman–Crippen MR) is 102 cm³/mol. The SMILES string of the molecule is O=C1COc2ccc(S(=O)(=O)N3CCC[C@H]3C(=O)NC3CCCCC3)cc2N1. The Hall–Kier alpha value is -2.13. The van der Waals surface area contributed by atoms with E-state index in [4.69, 9.17) is 4.74 Å². The van der Waals surface area contributed by atoms with Crippen molar-refractivity contribution in [2.45, 2.75) is 61.9 Å². The van der Waals surface area contributed by atoms with Crippen LogP contribution < -0.4 is 15.4 Å². The fourth-order valence-electron chi connectivity index (χ4n) is 4.19. The van der Waals surface area contributed by atoms with Gasteiger partial charge >= 0.3 is 0 Å². The number of rotatable bonds is 4. The van der Waals surface area contributed by atoms with Crippen LogP contribution in [-0.4, -0.2) is 49.8 Å². The molecule has 4 rings (SSSR count). The second-order valence-corrected chi connectivity index (χ2v) is 9.50. The van der Waals surface area contributed by atoms with Gasteiger partial charge in [0.1, 0.15) is 11.8 Å². The molecule has 0 radical (unpaired) electrons. The van der Waals surface area contributed by atoms with Crippen LogP contribution in [-0.2, 0) is 19.6 Å². The van der Waals surface area contributed by atoms with E-state index in [9.17, 15) is 18.0 Å². The topological polar surface area (TPSA) is 105 Å². The largest absolute Gasteiger partial charge is 0.482 e. The molecule has 0 bridgehead atoms. The highest BCUT2D eigenvalue weighted by molar-refractivity contribution is 7.89. The molecule has 9 heteroatoms. The van der Waals surface area contributed by atoms with Gasteiger partial charge in [-0.05, 0) is 43.9 Å². The summed E-state index contributed by atoms with van der Waals surface area (Å²) in [4.78, 5) is 24.4. The molecule has 1 saturated carbocycles. The monoisotopic (exact) mass is 407 g/mol. The summed E-state index contributed by atoms with van der Waals surface area (Å²) < 4.78 is 33.0. The normalized spacial score (nSPS) is 23.6. The average molecular weight is 407 g/mol. The van der Waals surface area contributed by atoms with Crippen LogP contribution in [0.4, 0.5) is 5.69 Å². The molecule has 1 saturated heterocycles. The first kappa shape index (κ1) is 19.2. The molecule has 1 aromatic carbocycles. The molecule has 0 unspecified atom stereocenters. The second-order valence-electron chi connectivity index (χ2n) is 7.61. The summed E-state index contributed by atoms with van der Waals surface area (Å²) in [5, 5.41) is 5.67. The second kappa shape index (κ2) is 7.71. The molecule has 0 aromatic heterocycles. The highest BCUT2D eigenvalue weighted by Crippen LogP contribution is 2.33. The van der Waals surface area contributed by atoms with Crippen molar-refractivity contribution in [1.82, 2.24) is 9.62 Å². The highest BCUT2D eigenvalue weighted by Gasteiger charge is 2.40. The molecular weight excluding hydrogens is 382 g/mol. The molecular formula is C19H25N3O5S. The molecule has 3 aliphatic rings. The Morgan fingerprint density at radius 3 is 2.71 bits per heavy atom. The van der Waals surface area contributed by atoms with Crippen LogP contribution in [0.5, 0.6) is 5.75 Å². The van der Waals surface area contributed by atoms with Crippen molar-refractivity contribution in [2.24, 2.45) is 0 Å². The Labute approximate surface area is 164 Å². The number of ether oxygens (including phenoxy) is 1. The molecule has 152 valence electrons. The first-order valence-electron chi connectivity index (χ1n) is 9.84. The Kier molecular flexibility index (Phi) is 5.29. The maximum absolute atomic E-state index is 13.2. The maximum atomic E-state index is 13.2. The number of sulfonamides is 1. The van der Waals surface area contributed by atoms with E-state index in [1.54, 1.807) is 0 Å². The van der Waals surface area contributed by atoms with Crippen molar-refractivity contribution in [3.8, 4) is 5.75 Å². The number of hydrogen-bond acceptors (Lipinski definition) is 5. The van der Waals surface area contributed by atoms with Gasteiger partial charge in [0, 0.05) is 12.6 Å². The molecule has 2 aliphatic heterocycles. The number of amides is 2. The van der Waals surface area contributed by atoms with E-state index in [1.807, 2.05) is 0 Å². The molecule has 1 atom stereocenters. The van der Waals surface area contributed by atoms with Gasteiger partial charge in [-0.1, -0.05) is 19.3 Å². The minimum Gasteiger partial charge on any atom is -0.482 e. The summed E-state index contributed by atoms with van der Waals surface area (Å²) in [5.74, 6) is -0.0953. The number of carbonyl (C=O) groups is 2. The third-order valence-corrected chi connectivity index (χ3v) is 7.55. The lowest BCUT2D eigenvalue weighted by Gasteiger charge is -2.28. The summed E-state index contributed by atoms with van der Waals surface area (Å²) in [7, 11) is -3.86. The summed E-state index contributed by atoms with van der Waals surface area (Å²) in [6.07, 6.45) is 6.46. The van der Waals surface area contributed by atoms with Crippen molar-refractivity contribution in [2.75, 3.05) is 18.5 Å². The van der Waals surface area contributed by atoms with Crippen molar-refractivity contribution >= 4 is 27.5 Å². The van der Waals surface area contributed by atoms with E-state index in [0.29, 0.717) is 30.8 Å². The zero-order valence-electron chi connectivity index (χ0n) is 15.6. The van der Waals surface area contributed by atoms with Crippen molar-refractivity contribution in [1.29, 1.82) is 0 Å². The first-order chi connectivity index (χ1) is 13.4. The Balaban J connectivity index is 1.53. The van der Waals surface area contributed by atoms with Gasteiger partial charge in [0.05, 0.1) is 10.6 Å². The Bertz CT molecular complexity index is 880. The van der Waals surface area contributed by atoms with Crippen LogP contribution in [0, 0.1) is 0 Å². The molecule has 8 nitrogen and oxygen atoms in total. The minimum atomic E-state index is -3.86. The van der Waals surface area contributed by atoms with Crippen LogP contribution in [0.1, 0.15) is 44.9 Å². The van der Waals surface area contributed by atoms with Crippen molar-refractivity contribution in [3.63, 3.8) is 0 Å². The molecule has 1 aliphatic carbocycles. The average Bonchev–Trinajstić information content (AvgIpc) is 3.19. The van der Waals surface area contributed by atoms with Gasteiger partial charge in [0.15, 0.2) is 6.61 Å². The van der Waals surface area contributed by atoms with Gasteiger partial charge in [0.2, 0.25) is 15.9 Å². The van der Waals surface area contributed by atoms with E-state index in [-0.39, 0.29) is 29.4 Å². The third-order valence-electron chi connectivity index (χ3n) is 5.65. The number of hydrogen-bond donors (Lipinski definition) is 2. The van der Waals surface area contributed by atoms with E-state index < -0.39 is 16.1 Å². The Morgan fingerprint density at radius 2 is 1.93 bits per heavy atom. The van der Waals surface area contributed by atoms with Crippen LogP contribution >= 0.6 is 0 Å². The number of anilines is 1.